The highest BCUT2D eigenvalue weighted by atomic mass is 16.3. The van der Waals surface area contributed by atoms with Crippen molar-refractivity contribution in [2.24, 2.45) is 5.92 Å². The number of aliphatic hydroxyl groups excluding tert-OH is 1. The molecule has 2 unspecified atom stereocenters. The molecule has 1 saturated carbocycles. The molecule has 1 amide bonds. The Morgan fingerprint density at radius 1 is 1.52 bits per heavy atom. The Balaban J connectivity index is 1.85. The number of fused-ring (bicyclic) bond motifs is 1. The van der Waals surface area contributed by atoms with Crippen molar-refractivity contribution in [1.29, 1.82) is 0 Å². The number of amides is 1. The minimum atomic E-state index is -0.505. The number of nitrogens with zero attached hydrogens (tertiary/aromatic N) is 1. The predicted molar refractivity (Wildman–Crippen MR) is 81.0 cm³/mol. The first-order valence-electron chi connectivity index (χ1n) is 7.50. The molecular weight excluding hydrogens is 266 g/mol. The van der Waals surface area contributed by atoms with Gasteiger partial charge in [0.25, 0.3) is 5.91 Å². The Morgan fingerprint density at radius 2 is 2.33 bits per heavy atom. The van der Waals surface area contributed by atoms with Crippen LogP contribution in [0.4, 0.5) is 0 Å². The molecule has 1 aliphatic rings. The van der Waals surface area contributed by atoms with E-state index in [4.69, 9.17) is 0 Å². The smallest absolute Gasteiger partial charge is 0.272 e. The van der Waals surface area contributed by atoms with Gasteiger partial charge in [-0.2, -0.15) is 5.10 Å². The summed E-state index contributed by atoms with van der Waals surface area (Å²) in [6, 6.07) is 7.56. The molecule has 112 valence electrons. The van der Waals surface area contributed by atoms with Gasteiger partial charge in [0.05, 0.1) is 17.7 Å². The summed E-state index contributed by atoms with van der Waals surface area (Å²) < 4.78 is 0. The van der Waals surface area contributed by atoms with E-state index >= 15 is 0 Å². The van der Waals surface area contributed by atoms with Crippen LogP contribution < -0.4 is 5.32 Å². The van der Waals surface area contributed by atoms with Crippen molar-refractivity contribution in [3.63, 3.8) is 0 Å². The van der Waals surface area contributed by atoms with Gasteiger partial charge in [-0.05, 0) is 24.8 Å². The molecule has 3 N–H and O–H groups in total. The van der Waals surface area contributed by atoms with Gasteiger partial charge in [0.15, 0.2) is 5.69 Å². The molecule has 3 rings (SSSR count). The highest BCUT2D eigenvalue weighted by Crippen LogP contribution is 2.32. The maximum Gasteiger partial charge on any atom is 0.272 e. The molecule has 21 heavy (non-hydrogen) atoms. The lowest BCUT2D eigenvalue weighted by atomic mass is 9.76. The summed E-state index contributed by atoms with van der Waals surface area (Å²) in [5.74, 6) is 0.303. The molecule has 1 aliphatic carbocycles. The average Bonchev–Trinajstić information content (AvgIpc) is 2.91. The van der Waals surface area contributed by atoms with Crippen molar-refractivity contribution >= 4 is 16.8 Å². The molecule has 1 aromatic heterocycles. The van der Waals surface area contributed by atoms with Gasteiger partial charge < -0.3 is 10.4 Å². The lowest BCUT2D eigenvalue weighted by molar-refractivity contribution is 0.0694. The topological polar surface area (TPSA) is 78.0 Å². The second-order valence-corrected chi connectivity index (χ2v) is 6.21. The number of benzene rings is 1. The van der Waals surface area contributed by atoms with Gasteiger partial charge >= 0.3 is 0 Å². The number of hydrogen-bond donors (Lipinski definition) is 3. The number of aromatic amines is 1. The lowest BCUT2D eigenvalue weighted by Gasteiger charge is -2.39. The van der Waals surface area contributed by atoms with Crippen molar-refractivity contribution in [2.45, 2.75) is 38.1 Å². The van der Waals surface area contributed by atoms with E-state index in [1.807, 2.05) is 24.3 Å². The van der Waals surface area contributed by atoms with E-state index in [0.717, 1.165) is 36.6 Å². The number of carbonyl (C=O) groups excluding carboxylic acids is 1. The van der Waals surface area contributed by atoms with Crippen LogP contribution in [0.5, 0.6) is 0 Å². The Bertz CT molecular complexity index is 652. The van der Waals surface area contributed by atoms with E-state index in [1.54, 1.807) is 0 Å². The number of rotatable bonds is 3. The van der Waals surface area contributed by atoms with Gasteiger partial charge in [0.1, 0.15) is 0 Å². The quantitative estimate of drug-likeness (QED) is 0.810. The zero-order valence-corrected chi connectivity index (χ0v) is 12.2. The van der Waals surface area contributed by atoms with Crippen molar-refractivity contribution in [2.75, 3.05) is 6.61 Å². The summed E-state index contributed by atoms with van der Waals surface area (Å²) in [6.45, 7) is 2.14. The molecule has 5 heteroatoms. The number of para-hydroxylation sites is 1. The van der Waals surface area contributed by atoms with Gasteiger partial charge in [-0.25, -0.2) is 0 Å². The molecule has 2 atom stereocenters. The summed E-state index contributed by atoms with van der Waals surface area (Å²) in [5, 5.41) is 20.6. The molecule has 0 aliphatic heterocycles. The molecule has 5 nitrogen and oxygen atoms in total. The van der Waals surface area contributed by atoms with Gasteiger partial charge in [0, 0.05) is 5.39 Å². The zero-order valence-electron chi connectivity index (χ0n) is 12.2. The Hall–Kier alpha value is -1.88. The summed E-state index contributed by atoms with van der Waals surface area (Å²) >= 11 is 0. The van der Waals surface area contributed by atoms with Crippen molar-refractivity contribution in [3.05, 3.63) is 30.0 Å². The van der Waals surface area contributed by atoms with E-state index in [0.29, 0.717) is 11.6 Å². The number of carbonyl (C=O) groups is 1. The number of aliphatic hydroxyl groups is 1. The standard InChI is InChI=1S/C16H21N3O2/c1-11-5-4-8-16(9-11,10-20)17-15(21)14-12-6-2-3-7-13(12)18-19-14/h2-3,6-7,11,20H,4-5,8-10H2,1H3,(H,17,21)(H,18,19). The maximum atomic E-state index is 12.6. The minimum Gasteiger partial charge on any atom is -0.394 e. The first-order valence-corrected chi connectivity index (χ1v) is 7.50. The monoisotopic (exact) mass is 287 g/mol. The van der Waals surface area contributed by atoms with Crippen LogP contribution in [0.15, 0.2) is 24.3 Å². The molecule has 0 spiro atoms. The van der Waals surface area contributed by atoms with Crippen LogP contribution in [0.2, 0.25) is 0 Å². The number of H-pyrrole nitrogens is 1. The summed E-state index contributed by atoms with van der Waals surface area (Å²) in [5.41, 5.74) is 0.740. The molecule has 1 fully saturated rings. The SMILES string of the molecule is CC1CCCC(CO)(NC(=O)c2n[nH]c3ccccc23)C1. The zero-order chi connectivity index (χ0) is 14.9. The van der Waals surface area contributed by atoms with E-state index in [-0.39, 0.29) is 12.5 Å². The third kappa shape index (κ3) is 2.65. The fourth-order valence-corrected chi connectivity index (χ4v) is 3.39. The van der Waals surface area contributed by atoms with Crippen LogP contribution in [0.3, 0.4) is 0 Å². The van der Waals surface area contributed by atoms with Gasteiger partial charge in [0.2, 0.25) is 0 Å². The Kier molecular flexibility index (Phi) is 3.68. The summed E-state index contributed by atoms with van der Waals surface area (Å²) in [4.78, 5) is 12.6. The van der Waals surface area contributed by atoms with Gasteiger partial charge in [-0.1, -0.05) is 38.0 Å². The second kappa shape index (κ2) is 5.48. The van der Waals surface area contributed by atoms with E-state index in [1.165, 1.54) is 0 Å². The Morgan fingerprint density at radius 3 is 3.10 bits per heavy atom. The maximum absolute atomic E-state index is 12.6. The van der Waals surface area contributed by atoms with E-state index in [2.05, 4.69) is 22.4 Å². The molecular formula is C16H21N3O2. The van der Waals surface area contributed by atoms with Crippen LogP contribution in [0.1, 0.15) is 43.1 Å². The van der Waals surface area contributed by atoms with Crippen LogP contribution >= 0.6 is 0 Å². The second-order valence-electron chi connectivity index (χ2n) is 6.21. The molecule has 1 aromatic carbocycles. The third-order valence-corrected chi connectivity index (χ3v) is 4.46. The van der Waals surface area contributed by atoms with Gasteiger partial charge in [-0.15, -0.1) is 0 Å². The largest absolute Gasteiger partial charge is 0.394 e. The highest BCUT2D eigenvalue weighted by Gasteiger charge is 2.36. The van der Waals surface area contributed by atoms with E-state index < -0.39 is 5.54 Å². The molecule has 2 aromatic rings. The van der Waals surface area contributed by atoms with Crippen LogP contribution in [-0.2, 0) is 0 Å². The fourth-order valence-electron chi connectivity index (χ4n) is 3.39. The molecule has 0 bridgehead atoms. The predicted octanol–water partition coefficient (Wildman–Crippen LogP) is 2.23. The van der Waals surface area contributed by atoms with Crippen molar-refractivity contribution in [3.8, 4) is 0 Å². The minimum absolute atomic E-state index is 0.0224. The average molecular weight is 287 g/mol. The van der Waals surface area contributed by atoms with Gasteiger partial charge in [-0.3, -0.25) is 9.89 Å². The first kappa shape index (κ1) is 14.1. The number of nitrogens with one attached hydrogen (secondary N) is 2. The number of aromatic nitrogens is 2. The normalized spacial score (nSPS) is 25.9. The summed E-state index contributed by atoms with van der Waals surface area (Å²) in [6.07, 6.45) is 3.83. The lowest BCUT2D eigenvalue weighted by Crippen LogP contribution is -2.54. The first-order chi connectivity index (χ1) is 10.1. The fraction of sp³-hybridized carbons (Fsp3) is 0.500. The van der Waals surface area contributed by atoms with E-state index in [9.17, 15) is 9.90 Å². The summed E-state index contributed by atoms with van der Waals surface area (Å²) in [7, 11) is 0. The van der Waals surface area contributed by atoms with Crippen LogP contribution in [0.25, 0.3) is 10.9 Å². The highest BCUT2D eigenvalue weighted by molar-refractivity contribution is 6.04. The van der Waals surface area contributed by atoms with Crippen LogP contribution in [-0.4, -0.2) is 33.4 Å². The molecule has 0 saturated heterocycles. The van der Waals surface area contributed by atoms with Crippen molar-refractivity contribution in [1.82, 2.24) is 15.5 Å². The number of hydrogen-bond acceptors (Lipinski definition) is 3. The third-order valence-electron chi connectivity index (χ3n) is 4.46. The van der Waals surface area contributed by atoms with Crippen LogP contribution in [0, 0.1) is 5.92 Å². The molecule has 1 heterocycles. The molecule has 0 radical (unpaired) electrons. The Labute approximate surface area is 123 Å². The van der Waals surface area contributed by atoms with Crippen molar-refractivity contribution < 1.29 is 9.90 Å².